The molecular weight excluding hydrogens is 265 g/mol. The lowest BCUT2D eigenvalue weighted by atomic mass is 10.1. The number of benzene rings is 1. The van der Waals surface area contributed by atoms with Crippen molar-refractivity contribution < 1.29 is 13.9 Å². The van der Waals surface area contributed by atoms with Gasteiger partial charge in [0.2, 0.25) is 12.7 Å². The van der Waals surface area contributed by atoms with Crippen LogP contribution in [-0.2, 0) is 0 Å². The fourth-order valence-electron chi connectivity index (χ4n) is 1.90. The average molecular weight is 273 g/mol. The first-order chi connectivity index (χ1) is 9.60. The van der Waals surface area contributed by atoms with Crippen LogP contribution in [0.1, 0.15) is 5.56 Å². The van der Waals surface area contributed by atoms with E-state index >= 15 is 0 Å². The summed E-state index contributed by atoms with van der Waals surface area (Å²) in [5.41, 5.74) is 11.1. The van der Waals surface area contributed by atoms with Crippen molar-refractivity contribution in [3.05, 3.63) is 23.5 Å². The van der Waals surface area contributed by atoms with Gasteiger partial charge in [-0.3, -0.25) is 0 Å². The van der Waals surface area contributed by atoms with E-state index in [0.717, 1.165) is 6.07 Å². The Kier molecular flexibility index (Phi) is 2.54. The van der Waals surface area contributed by atoms with Crippen LogP contribution in [0.25, 0.3) is 11.3 Å². The highest BCUT2D eigenvalue weighted by Gasteiger charge is 2.22. The Morgan fingerprint density at radius 1 is 1.20 bits per heavy atom. The Hall–Kier alpha value is -3.08. The van der Waals surface area contributed by atoms with Crippen molar-refractivity contribution in [2.24, 2.45) is 0 Å². The van der Waals surface area contributed by atoms with Crippen molar-refractivity contribution in [3.8, 4) is 28.8 Å². The molecule has 8 heteroatoms. The molecule has 20 heavy (non-hydrogen) atoms. The zero-order valence-corrected chi connectivity index (χ0v) is 10.1. The largest absolute Gasteiger partial charge is 0.454 e. The van der Waals surface area contributed by atoms with Gasteiger partial charge in [-0.25, -0.2) is 9.37 Å². The summed E-state index contributed by atoms with van der Waals surface area (Å²) < 4.78 is 24.4. The number of anilines is 2. The molecule has 0 atom stereocenters. The van der Waals surface area contributed by atoms with E-state index in [1.807, 2.05) is 6.07 Å². The molecule has 0 unspecified atom stereocenters. The van der Waals surface area contributed by atoms with Gasteiger partial charge in [-0.05, 0) is 6.07 Å². The highest BCUT2D eigenvalue weighted by molar-refractivity contribution is 5.75. The van der Waals surface area contributed by atoms with E-state index in [2.05, 4.69) is 9.97 Å². The molecule has 2 heterocycles. The maximum Gasteiger partial charge on any atom is 0.231 e. The van der Waals surface area contributed by atoms with E-state index in [1.54, 1.807) is 0 Å². The normalized spacial score (nSPS) is 12.2. The summed E-state index contributed by atoms with van der Waals surface area (Å²) in [6.07, 6.45) is 0. The first kappa shape index (κ1) is 12.0. The minimum Gasteiger partial charge on any atom is -0.454 e. The van der Waals surface area contributed by atoms with Gasteiger partial charge in [0.1, 0.15) is 23.3 Å². The van der Waals surface area contributed by atoms with Crippen molar-refractivity contribution >= 4 is 11.8 Å². The van der Waals surface area contributed by atoms with Gasteiger partial charge in [0.25, 0.3) is 0 Å². The summed E-state index contributed by atoms with van der Waals surface area (Å²) in [6.45, 7) is 0.0113. The second-order valence-corrected chi connectivity index (χ2v) is 3.99. The molecule has 0 saturated carbocycles. The van der Waals surface area contributed by atoms with Gasteiger partial charge < -0.3 is 20.9 Å². The summed E-state index contributed by atoms with van der Waals surface area (Å²) in [5.74, 6) is -0.218. The van der Waals surface area contributed by atoms with E-state index < -0.39 is 5.82 Å². The third-order valence-corrected chi connectivity index (χ3v) is 2.78. The number of hydrogen-bond acceptors (Lipinski definition) is 7. The van der Waals surface area contributed by atoms with Crippen LogP contribution in [0.5, 0.6) is 11.5 Å². The number of halogens is 1. The summed E-state index contributed by atoms with van der Waals surface area (Å²) in [7, 11) is 0. The van der Waals surface area contributed by atoms with E-state index in [0.29, 0.717) is 11.5 Å². The van der Waals surface area contributed by atoms with E-state index in [9.17, 15) is 4.39 Å². The SMILES string of the molecule is N#Cc1c(N)nc(N)nc1-c1cc2c(cc1F)OCO2. The highest BCUT2D eigenvalue weighted by atomic mass is 19.1. The molecule has 0 aliphatic carbocycles. The number of rotatable bonds is 1. The van der Waals surface area contributed by atoms with Crippen LogP contribution in [0.4, 0.5) is 16.2 Å². The Bertz CT molecular complexity index is 756. The number of nitrogen functional groups attached to an aromatic ring is 2. The van der Waals surface area contributed by atoms with Crippen LogP contribution in [-0.4, -0.2) is 16.8 Å². The van der Waals surface area contributed by atoms with E-state index in [4.69, 9.17) is 26.2 Å². The topological polar surface area (TPSA) is 120 Å². The third-order valence-electron chi connectivity index (χ3n) is 2.78. The van der Waals surface area contributed by atoms with Crippen LogP contribution in [0.15, 0.2) is 12.1 Å². The smallest absolute Gasteiger partial charge is 0.231 e. The van der Waals surface area contributed by atoms with Crippen molar-refractivity contribution in [3.63, 3.8) is 0 Å². The summed E-state index contributed by atoms with van der Waals surface area (Å²) >= 11 is 0. The van der Waals surface area contributed by atoms with Crippen molar-refractivity contribution in [2.75, 3.05) is 18.3 Å². The molecular formula is C12H8FN5O2. The number of hydrogen-bond donors (Lipinski definition) is 2. The van der Waals surface area contributed by atoms with Crippen LogP contribution < -0.4 is 20.9 Å². The molecule has 3 rings (SSSR count). The van der Waals surface area contributed by atoms with Crippen molar-refractivity contribution in [1.82, 2.24) is 9.97 Å². The van der Waals surface area contributed by atoms with Crippen LogP contribution in [0, 0.1) is 17.1 Å². The van der Waals surface area contributed by atoms with Gasteiger partial charge in [-0.1, -0.05) is 0 Å². The first-order valence-electron chi connectivity index (χ1n) is 5.52. The van der Waals surface area contributed by atoms with Gasteiger partial charge in [-0.15, -0.1) is 0 Å². The van der Waals surface area contributed by atoms with E-state index in [-0.39, 0.29) is 35.4 Å². The average Bonchev–Trinajstić information content (AvgIpc) is 2.84. The third kappa shape index (κ3) is 1.73. The molecule has 0 spiro atoms. The number of nitrogens with zero attached hydrogens (tertiary/aromatic N) is 3. The molecule has 0 fully saturated rings. The molecule has 0 radical (unpaired) electrons. The van der Waals surface area contributed by atoms with Crippen molar-refractivity contribution in [2.45, 2.75) is 0 Å². The molecule has 0 saturated heterocycles. The molecule has 1 aromatic heterocycles. The minimum absolute atomic E-state index is 0.0113. The van der Waals surface area contributed by atoms with Gasteiger partial charge in [-0.2, -0.15) is 10.2 Å². The lowest BCUT2D eigenvalue weighted by Gasteiger charge is -2.08. The molecule has 1 aliphatic rings. The van der Waals surface area contributed by atoms with Crippen LogP contribution in [0.2, 0.25) is 0 Å². The van der Waals surface area contributed by atoms with Gasteiger partial charge in [0, 0.05) is 11.6 Å². The fraction of sp³-hybridized carbons (Fsp3) is 0.0833. The zero-order valence-electron chi connectivity index (χ0n) is 10.1. The van der Waals surface area contributed by atoms with E-state index in [1.165, 1.54) is 6.07 Å². The Morgan fingerprint density at radius 2 is 1.90 bits per heavy atom. The Morgan fingerprint density at radius 3 is 2.60 bits per heavy atom. The summed E-state index contributed by atoms with van der Waals surface area (Å²) in [4.78, 5) is 7.57. The van der Waals surface area contributed by atoms with Gasteiger partial charge in [0.05, 0.1) is 5.69 Å². The molecule has 4 N–H and O–H groups in total. The number of fused-ring (bicyclic) bond motifs is 1. The first-order valence-corrected chi connectivity index (χ1v) is 5.52. The standard InChI is InChI=1S/C12H8FN5O2/c13-7-2-9-8(19-4-20-9)1-5(7)10-6(3-14)11(15)18-12(16)17-10/h1-2H,4H2,(H4,15,16,17,18). The quantitative estimate of drug-likeness (QED) is 0.796. The lowest BCUT2D eigenvalue weighted by molar-refractivity contribution is 0.174. The summed E-state index contributed by atoms with van der Waals surface area (Å²) in [5, 5.41) is 9.11. The van der Waals surface area contributed by atoms with Crippen LogP contribution in [0.3, 0.4) is 0 Å². The zero-order chi connectivity index (χ0) is 14.3. The fourth-order valence-corrected chi connectivity index (χ4v) is 1.90. The number of nitriles is 1. The van der Waals surface area contributed by atoms with Crippen molar-refractivity contribution in [1.29, 1.82) is 5.26 Å². The molecule has 0 bridgehead atoms. The molecule has 100 valence electrons. The Labute approximate surface area is 112 Å². The number of aromatic nitrogens is 2. The number of nitrogens with two attached hydrogens (primary N) is 2. The minimum atomic E-state index is -0.622. The molecule has 7 nitrogen and oxygen atoms in total. The molecule has 1 aliphatic heterocycles. The van der Waals surface area contributed by atoms with Crippen LogP contribution >= 0.6 is 0 Å². The van der Waals surface area contributed by atoms with Gasteiger partial charge >= 0.3 is 0 Å². The summed E-state index contributed by atoms with van der Waals surface area (Å²) in [6, 6.07) is 4.39. The molecule has 0 amide bonds. The highest BCUT2D eigenvalue weighted by Crippen LogP contribution is 2.38. The second-order valence-electron chi connectivity index (χ2n) is 3.99. The Balaban J connectivity index is 2.27. The second kappa shape index (κ2) is 4.24. The lowest BCUT2D eigenvalue weighted by Crippen LogP contribution is -2.05. The number of ether oxygens (including phenoxy) is 2. The molecule has 1 aromatic carbocycles. The maximum absolute atomic E-state index is 14.1. The monoisotopic (exact) mass is 273 g/mol. The predicted octanol–water partition coefficient (Wildman–Crippen LogP) is 1.05. The predicted molar refractivity (Wildman–Crippen MR) is 67.1 cm³/mol. The molecule has 2 aromatic rings. The maximum atomic E-state index is 14.1. The van der Waals surface area contributed by atoms with Gasteiger partial charge in [0.15, 0.2) is 11.5 Å².